The number of benzene rings is 1. The highest BCUT2D eigenvalue weighted by Crippen LogP contribution is 2.17. The highest BCUT2D eigenvalue weighted by atomic mass is 32.2. The van der Waals surface area contributed by atoms with Gasteiger partial charge in [-0.25, -0.2) is 4.79 Å². The fourth-order valence-electron chi connectivity index (χ4n) is 1.17. The summed E-state index contributed by atoms with van der Waals surface area (Å²) >= 11 is 1.30. The molecule has 3 N–H and O–H groups in total. The third-order valence-corrected chi connectivity index (χ3v) is 3.01. The second-order valence-electron chi connectivity index (χ2n) is 3.59. The number of amides is 3. The number of carbonyl (C=O) groups excluding carboxylic acids is 3. The van der Waals surface area contributed by atoms with Crippen molar-refractivity contribution in [3.8, 4) is 0 Å². The van der Waals surface area contributed by atoms with Gasteiger partial charge in [0.2, 0.25) is 0 Å². The van der Waals surface area contributed by atoms with Crippen LogP contribution in [-0.4, -0.2) is 29.8 Å². The number of hydrogen-bond donors (Lipinski definition) is 2. The smallest absolute Gasteiger partial charge is 0.318 e. The predicted molar refractivity (Wildman–Crippen MR) is 70.4 cm³/mol. The van der Waals surface area contributed by atoms with E-state index in [1.807, 2.05) is 35.6 Å². The Labute approximate surface area is 114 Å². The number of esters is 1. The quantitative estimate of drug-likeness (QED) is 0.617. The normalized spacial score (nSPS) is 11.4. The van der Waals surface area contributed by atoms with Gasteiger partial charge in [0.1, 0.15) is 0 Å². The maximum Gasteiger partial charge on any atom is 0.318 e. The maximum absolute atomic E-state index is 11.5. The minimum absolute atomic E-state index is 0.0816. The van der Waals surface area contributed by atoms with Gasteiger partial charge in [0, 0.05) is 4.90 Å². The highest BCUT2D eigenvalue weighted by Gasteiger charge is 2.18. The molecule has 1 atom stereocenters. The van der Waals surface area contributed by atoms with Crippen molar-refractivity contribution in [2.24, 2.45) is 5.73 Å². The number of nitrogens with two attached hydrogens (primary N) is 1. The summed E-state index contributed by atoms with van der Waals surface area (Å²) in [4.78, 5) is 34.1. The first-order valence-electron chi connectivity index (χ1n) is 5.46. The molecule has 0 saturated heterocycles. The van der Waals surface area contributed by atoms with E-state index >= 15 is 0 Å². The first-order valence-corrected chi connectivity index (χ1v) is 6.45. The van der Waals surface area contributed by atoms with Gasteiger partial charge in [0.05, 0.1) is 5.75 Å². The Morgan fingerprint density at radius 1 is 1.32 bits per heavy atom. The fourth-order valence-corrected chi connectivity index (χ4v) is 1.87. The molecule has 0 fully saturated rings. The summed E-state index contributed by atoms with van der Waals surface area (Å²) in [5.74, 6) is -1.20. The van der Waals surface area contributed by atoms with Crippen molar-refractivity contribution < 1.29 is 19.1 Å². The number of carbonyl (C=O) groups is 3. The van der Waals surface area contributed by atoms with E-state index in [9.17, 15) is 14.4 Å². The van der Waals surface area contributed by atoms with Crippen molar-refractivity contribution in [1.82, 2.24) is 5.32 Å². The minimum atomic E-state index is -1.06. The first-order chi connectivity index (χ1) is 8.99. The summed E-state index contributed by atoms with van der Waals surface area (Å²) in [7, 11) is 0. The van der Waals surface area contributed by atoms with Gasteiger partial charge in [0.25, 0.3) is 5.91 Å². The number of urea groups is 1. The minimum Gasteiger partial charge on any atom is -0.452 e. The molecule has 0 aliphatic rings. The van der Waals surface area contributed by atoms with Gasteiger partial charge >= 0.3 is 12.0 Å². The second kappa shape index (κ2) is 7.42. The van der Waals surface area contributed by atoms with Crippen LogP contribution in [-0.2, 0) is 14.3 Å². The maximum atomic E-state index is 11.5. The van der Waals surface area contributed by atoms with Crippen molar-refractivity contribution in [2.45, 2.75) is 17.9 Å². The van der Waals surface area contributed by atoms with Crippen LogP contribution in [0.5, 0.6) is 0 Å². The molecule has 0 radical (unpaired) electrons. The zero-order valence-electron chi connectivity index (χ0n) is 10.3. The lowest BCUT2D eigenvalue weighted by Crippen LogP contribution is -2.42. The zero-order valence-corrected chi connectivity index (χ0v) is 11.1. The molecule has 0 spiro atoms. The van der Waals surface area contributed by atoms with Crippen molar-refractivity contribution in [3.63, 3.8) is 0 Å². The molecule has 0 aliphatic carbocycles. The lowest BCUT2D eigenvalue weighted by Gasteiger charge is -2.11. The molecule has 7 heteroatoms. The highest BCUT2D eigenvalue weighted by molar-refractivity contribution is 8.00. The summed E-state index contributed by atoms with van der Waals surface area (Å²) in [6, 6.07) is 8.33. The molecule has 0 aromatic heterocycles. The van der Waals surface area contributed by atoms with Crippen molar-refractivity contribution in [2.75, 3.05) is 5.75 Å². The molecule has 0 heterocycles. The van der Waals surface area contributed by atoms with Gasteiger partial charge in [-0.3, -0.25) is 14.9 Å². The second-order valence-corrected chi connectivity index (χ2v) is 4.64. The van der Waals surface area contributed by atoms with Crippen LogP contribution in [0.15, 0.2) is 35.2 Å². The van der Waals surface area contributed by atoms with Gasteiger partial charge in [-0.15, -0.1) is 11.8 Å². The van der Waals surface area contributed by atoms with Crippen LogP contribution in [0.25, 0.3) is 0 Å². The number of primary amides is 1. The van der Waals surface area contributed by atoms with Gasteiger partial charge in [-0.1, -0.05) is 18.2 Å². The molecule has 0 unspecified atom stereocenters. The number of ether oxygens (including phenoxy) is 1. The van der Waals surface area contributed by atoms with Crippen LogP contribution < -0.4 is 11.1 Å². The average molecular weight is 282 g/mol. The van der Waals surface area contributed by atoms with Gasteiger partial charge in [-0.05, 0) is 19.1 Å². The number of imide groups is 1. The van der Waals surface area contributed by atoms with E-state index < -0.39 is 24.0 Å². The summed E-state index contributed by atoms with van der Waals surface area (Å²) in [5, 5.41) is 1.84. The third kappa shape index (κ3) is 5.91. The Morgan fingerprint density at radius 2 is 1.95 bits per heavy atom. The molecule has 0 aliphatic heterocycles. The van der Waals surface area contributed by atoms with E-state index in [2.05, 4.69) is 0 Å². The SMILES string of the molecule is C[C@H](OC(=O)CSc1ccccc1)C(=O)NC(N)=O. The predicted octanol–water partition coefficient (Wildman–Crippen LogP) is 0.905. The molecule has 19 heavy (non-hydrogen) atoms. The van der Waals surface area contributed by atoms with Crippen LogP contribution in [0.2, 0.25) is 0 Å². The van der Waals surface area contributed by atoms with Crippen molar-refractivity contribution in [1.29, 1.82) is 0 Å². The van der Waals surface area contributed by atoms with E-state index in [1.165, 1.54) is 18.7 Å². The molecule has 0 saturated carbocycles. The van der Waals surface area contributed by atoms with E-state index in [-0.39, 0.29) is 5.75 Å². The van der Waals surface area contributed by atoms with Gasteiger partial charge in [-0.2, -0.15) is 0 Å². The average Bonchev–Trinajstić information content (AvgIpc) is 2.36. The Morgan fingerprint density at radius 3 is 2.53 bits per heavy atom. The summed E-state index contributed by atoms with van der Waals surface area (Å²) in [6.07, 6.45) is -1.06. The molecule has 1 aromatic rings. The lowest BCUT2D eigenvalue weighted by molar-refractivity contribution is -0.151. The lowest BCUT2D eigenvalue weighted by atomic mass is 10.4. The molecule has 0 bridgehead atoms. The fraction of sp³-hybridized carbons (Fsp3) is 0.250. The van der Waals surface area contributed by atoms with Crippen molar-refractivity contribution in [3.05, 3.63) is 30.3 Å². The number of rotatable bonds is 5. The topological polar surface area (TPSA) is 98.5 Å². The first kappa shape index (κ1) is 15.0. The molecule has 102 valence electrons. The number of hydrogen-bond acceptors (Lipinski definition) is 5. The van der Waals surface area contributed by atoms with E-state index in [4.69, 9.17) is 10.5 Å². The van der Waals surface area contributed by atoms with Crippen LogP contribution in [0.4, 0.5) is 4.79 Å². The Kier molecular flexibility index (Phi) is 5.87. The molecular weight excluding hydrogens is 268 g/mol. The van der Waals surface area contributed by atoms with Gasteiger partial charge in [0.15, 0.2) is 6.10 Å². The van der Waals surface area contributed by atoms with Crippen molar-refractivity contribution >= 4 is 29.7 Å². The molecule has 6 nitrogen and oxygen atoms in total. The molecular formula is C12H14N2O4S. The standard InChI is InChI=1S/C12H14N2O4S/c1-8(11(16)14-12(13)17)18-10(15)7-19-9-5-3-2-4-6-9/h2-6,8H,7H2,1H3,(H3,13,14,16,17)/t8-/m0/s1. The van der Waals surface area contributed by atoms with Crippen LogP contribution in [0, 0.1) is 0 Å². The van der Waals surface area contributed by atoms with Crippen LogP contribution in [0.3, 0.4) is 0 Å². The van der Waals surface area contributed by atoms with E-state index in [1.54, 1.807) is 0 Å². The number of thioether (sulfide) groups is 1. The monoisotopic (exact) mass is 282 g/mol. The Balaban J connectivity index is 2.35. The summed E-state index contributed by atoms with van der Waals surface area (Å²) in [5.41, 5.74) is 4.78. The molecule has 3 amide bonds. The summed E-state index contributed by atoms with van der Waals surface area (Å²) < 4.78 is 4.86. The Hall–Kier alpha value is -2.02. The van der Waals surface area contributed by atoms with Gasteiger partial charge < -0.3 is 10.5 Å². The van der Waals surface area contributed by atoms with Crippen LogP contribution in [0.1, 0.15) is 6.92 Å². The van der Waals surface area contributed by atoms with E-state index in [0.29, 0.717) is 0 Å². The third-order valence-electron chi connectivity index (χ3n) is 2.02. The molecule has 1 rings (SSSR count). The summed E-state index contributed by atoms with van der Waals surface area (Å²) in [6.45, 7) is 1.36. The van der Waals surface area contributed by atoms with Crippen LogP contribution >= 0.6 is 11.8 Å². The number of nitrogens with one attached hydrogen (secondary N) is 1. The largest absolute Gasteiger partial charge is 0.452 e. The Bertz CT molecular complexity index is 464. The van der Waals surface area contributed by atoms with E-state index in [0.717, 1.165) is 4.90 Å². The zero-order chi connectivity index (χ0) is 14.3. The molecule has 1 aromatic carbocycles.